The predicted molar refractivity (Wildman–Crippen MR) is 74.5 cm³/mol. The predicted octanol–water partition coefficient (Wildman–Crippen LogP) is 2.43. The number of benzene rings is 1. The summed E-state index contributed by atoms with van der Waals surface area (Å²) in [5.41, 5.74) is 0.294. The van der Waals surface area contributed by atoms with Crippen LogP contribution in [0.4, 0.5) is 18.9 Å². The van der Waals surface area contributed by atoms with Gasteiger partial charge in [-0.2, -0.15) is 13.2 Å². The van der Waals surface area contributed by atoms with Crippen LogP contribution in [0.25, 0.3) is 0 Å². The molecule has 0 aliphatic heterocycles. The van der Waals surface area contributed by atoms with E-state index in [9.17, 15) is 22.8 Å². The second-order valence-electron chi connectivity index (χ2n) is 4.52. The lowest BCUT2D eigenvalue weighted by Crippen LogP contribution is -2.44. The molecule has 2 amide bonds. The molecule has 22 heavy (non-hydrogen) atoms. The topological polar surface area (TPSA) is 58.6 Å². The molecule has 1 aromatic carbocycles. The van der Waals surface area contributed by atoms with Crippen LogP contribution in [0.5, 0.6) is 5.75 Å². The Bertz CT molecular complexity index is 515. The number of carbonyl (C=O) groups excluding carboxylic acids is 2. The molecule has 1 aromatic rings. The fourth-order valence-corrected chi connectivity index (χ4v) is 1.74. The van der Waals surface area contributed by atoms with Crippen LogP contribution in [-0.2, 0) is 9.59 Å². The van der Waals surface area contributed by atoms with Gasteiger partial charge in [-0.15, -0.1) is 0 Å². The summed E-state index contributed by atoms with van der Waals surface area (Å²) < 4.78 is 42.2. The SMILES string of the molecule is CCCN(CC(F)(F)F)C(=O)C(=O)Nc1ccc(OC)cc1. The maximum absolute atomic E-state index is 12.4. The Labute approximate surface area is 126 Å². The first-order valence-electron chi connectivity index (χ1n) is 6.58. The lowest BCUT2D eigenvalue weighted by molar-refractivity contribution is -0.163. The fourth-order valence-electron chi connectivity index (χ4n) is 1.74. The first-order valence-corrected chi connectivity index (χ1v) is 6.58. The smallest absolute Gasteiger partial charge is 0.406 e. The number of hydrogen-bond acceptors (Lipinski definition) is 3. The van der Waals surface area contributed by atoms with Crippen LogP contribution in [0, 0.1) is 0 Å². The molecule has 5 nitrogen and oxygen atoms in total. The van der Waals surface area contributed by atoms with E-state index >= 15 is 0 Å². The molecular formula is C14H17F3N2O3. The first-order chi connectivity index (χ1) is 10.3. The summed E-state index contributed by atoms with van der Waals surface area (Å²) in [6.45, 7) is 0.0299. The first kappa shape index (κ1) is 17.8. The van der Waals surface area contributed by atoms with Crippen molar-refractivity contribution < 1.29 is 27.5 Å². The molecule has 0 bridgehead atoms. The third kappa shape index (κ3) is 5.63. The molecule has 0 unspecified atom stereocenters. The lowest BCUT2D eigenvalue weighted by Gasteiger charge is -2.22. The Morgan fingerprint density at radius 2 is 1.82 bits per heavy atom. The van der Waals surface area contributed by atoms with Crippen molar-refractivity contribution in [1.29, 1.82) is 0 Å². The normalized spacial score (nSPS) is 11.0. The molecule has 0 radical (unpaired) electrons. The number of halogens is 3. The number of ether oxygens (including phenoxy) is 1. The summed E-state index contributed by atoms with van der Waals surface area (Å²) in [6, 6.07) is 6.08. The summed E-state index contributed by atoms with van der Waals surface area (Å²) in [4.78, 5) is 24.1. The number of methoxy groups -OCH3 is 1. The largest absolute Gasteiger partial charge is 0.497 e. The highest BCUT2D eigenvalue weighted by Crippen LogP contribution is 2.18. The third-order valence-corrected chi connectivity index (χ3v) is 2.69. The summed E-state index contributed by atoms with van der Waals surface area (Å²) in [5.74, 6) is -1.77. The zero-order valence-corrected chi connectivity index (χ0v) is 12.2. The van der Waals surface area contributed by atoms with E-state index in [0.717, 1.165) is 0 Å². The van der Waals surface area contributed by atoms with Crippen LogP contribution in [0.1, 0.15) is 13.3 Å². The second kappa shape index (κ2) is 7.67. The number of nitrogens with one attached hydrogen (secondary N) is 1. The quantitative estimate of drug-likeness (QED) is 0.848. The van der Waals surface area contributed by atoms with Gasteiger partial charge in [0.25, 0.3) is 0 Å². The lowest BCUT2D eigenvalue weighted by atomic mass is 10.3. The van der Waals surface area contributed by atoms with Gasteiger partial charge >= 0.3 is 18.0 Å². The highest BCUT2D eigenvalue weighted by atomic mass is 19.4. The highest BCUT2D eigenvalue weighted by Gasteiger charge is 2.34. The van der Waals surface area contributed by atoms with E-state index in [2.05, 4.69) is 5.32 Å². The molecule has 0 saturated carbocycles. The van der Waals surface area contributed by atoms with E-state index in [1.807, 2.05) is 0 Å². The van der Waals surface area contributed by atoms with Crippen LogP contribution in [0.15, 0.2) is 24.3 Å². The van der Waals surface area contributed by atoms with Crippen LogP contribution in [0.3, 0.4) is 0 Å². The molecule has 122 valence electrons. The molecule has 0 aromatic heterocycles. The van der Waals surface area contributed by atoms with Gasteiger partial charge in [0, 0.05) is 12.2 Å². The summed E-state index contributed by atoms with van der Waals surface area (Å²) in [5, 5.41) is 2.26. The average Bonchev–Trinajstić information content (AvgIpc) is 2.45. The molecule has 1 rings (SSSR count). The molecule has 1 N–H and O–H groups in total. The van der Waals surface area contributed by atoms with Crippen LogP contribution < -0.4 is 10.1 Å². The van der Waals surface area contributed by atoms with Crippen molar-refractivity contribution in [3.8, 4) is 5.75 Å². The van der Waals surface area contributed by atoms with Crippen molar-refractivity contribution in [3.05, 3.63) is 24.3 Å². The Morgan fingerprint density at radius 1 is 1.23 bits per heavy atom. The van der Waals surface area contributed by atoms with E-state index in [4.69, 9.17) is 4.74 Å². The van der Waals surface area contributed by atoms with Gasteiger partial charge in [0.2, 0.25) is 0 Å². The zero-order chi connectivity index (χ0) is 16.8. The van der Waals surface area contributed by atoms with Crippen molar-refractivity contribution in [2.24, 2.45) is 0 Å². The van der Waals surface area contributed by atoms with Gasteiger partial charge in [0.15, 0.2) is 0 Å². The molecular weight excluding hydrogens is 301 g/mol. The molecule has 0 spiro atoms. The van der Waals surface area contributed by atoms with Gasteiger partial charge in [-0.05, 0) is 30.7 Å². The van der Waals surface area contributed by atoms with E-state index in [0.29, 0.717) is 22.8 Å². The van der Waals surface area contributed by atoms with Crippen LogP contribution in [-0.4, -0.2) is 43.1 Å². The number of amides is 2. The number of alkyl halides is 3. The summed E-state index contributed by atoms with van der Waals surface area (Å²) in [6.07, 6.45) is -4.23. The number of hydrogen-bond donors (Lipinski definition) is 1. The van der Waals surface area contributed by atoms with Gasteiger partial charge in [-0.1, -0.05) is 6.92 Å². The van der Waals surface area contributed by atoms with Gasteiger partial charge in [-0.25, -0.2) is 0 Å². The van der Waals surface area contributed by atoms with Gasteiger partial charge in [0.1, 0.15) is 12.3 Å². The minimum Gasteiger partial charge on any atom is -0.497 e. The van der Waals surface area contributed by atoms with E-state index in [1.165, 1.54) is 19.2 Å². The van der Waals surface area contributed by atoms with E-state index in [1.54, 1.807) is 19.1 Å². The Morgan fingerprint density at radius 3 is 2.27 bits per heavy atom. The highest BCUT2D eigenvalue weighted by molar-refractivity contribution is 6.39. The Balaban J connectivity index is 2.73. The molecule has 0 saturated heterocycles. The molecule has 0 fully saturated rings. The average molecular weight is 318 g/mol. The van der Waals surface area contributed by atoms with E-state index in [-0.39, 0.29) is 6.54 Å². The van der Waals surface area contributed by atoms with Gasteiger partial charge in [-0.3, -0.25) is 9.59 Å². The number of nitrogens with zero attached hydrogens (tertiary/aromatic N) is 1. The molecule has 0 heterocycles. The third-order valence-electron chi connectivity index (χ3n) is 2.69. The second-order valence-corrected chi connectivity index (χ2v) is 4.52. The van der Waals surface area contributed by atoms with Crippen molar-refractivity contribution >= 4 is 17.5 Å². The molecule has 0 atom stereocenters. The minimum atomic E-state index is -4.55. The minimum absolute atomic E-state index is 0.144. The Kier molecular flexibility index (Phi) is 6.21. The standard InChI is InChI=1S/C14H17F3N2O3/c1-3-8-19(9-14(15,16)17)13(21)12(20)18-10-4-6-11(22-2)7-5-10/h4-7H,3,8-9H2,1-2H3,(H,18,20). The molecule has 0 aliphatic rings. The number of anilines is 1. The van der Waals surface area contributed by atoms with Crippen LogP contribution >= 0.6 is 0 Å². The monoisotopic (exact) mass is 318 g/mol. The van der Waals surface area contributed by atoms with Crippen molar-refractivity contribution in [2.45, 2.75) is 19.5 Å². The zero-order valence-electron chi connectivity index (χ0n) is 12.2. The molecule has 0 aliphatic carbocycles. The summed E-state index contributed by atoms with van der Waals surface area (Å²) >= 11 is 0. The summed E-state index contributed by atoms with van der Waals surface area (Å²) in [7, 11) is 1.47. The number of carbonyl (C=O) groups is 2. The van der Waals surface area contributed by atoms with Crippen LogP contribution in [0.2, 0.25) is 0 Å². The van der Waals surface area contributed by atoms with Crippen molar-refractivity contribution in [3.63, 3.8) is 0 Å². The Hall–Kier alpha value is -2.25. The van der Waals surface area contributed by atoms with Crippen molar-refractivity contribution in [2.75, 3.05) is 25.5 Å². The maximum atomic E-state index is 12.4. The molecule has 8 heteroatoms. The maximum Gasteiger partial charge on any atom is 0.406 e. The van der Waals surface area contributed by atoms with E-state index < -0.39 is 24.5 Å². The fraction of sp³-hybridized carbons (Fsp3) is 0.429. The number of rotatable bonds is 5. The van der Waals surface area contributed by atoms with Gasteiger partial charge in [0.05, 0.1) is 7.11 Å². The van der Waals surface area contributed by atoms with Gasteiger partial charge < -0.3 is 15.0 Å². The van der Waals surface area contributed by atoms with Crippen molar-refractivity contribution in [1.82, 2.24) is 4.90 Å².